The summed E-state index contributed by atoms with van der Waals surface area (Å²) in [6.45, 7) is 0.689. The molecule has 2 heterocycles. The second-order valence-corrected chi connectivity index (χ2v) is 5.48. The van der Waals surface area contributed by atoms with Crippen LogP contribution in [0.25, 0.3) is 0 Å². The molecule has 0 aliphatic heterocycles. The number of rotatable bonds is 5. The summed E-state index contributed by atoms with van der Waals surface area (Å²) in [5.41, 5.74) is 0.165. The van der Waals surface area contributed by atoms with Crippen LogP contribution in [0.4, 0.5) is 5.82 Å². The van der Waals surface area contributed by atoms with E-state index >= 15 is 0 Å². The molecular formula is C13H13ClN2O2S. The van der Waals surface area contributed by atoms with Crippen LogP contribution in [-0.4, -0.2) is 29.7 Å². The van der Waals surface area contributed by atoms with E-state index in [1.165, 1.54) is 17.0 Å². The van der Waals surface area contributed by atoms with E-state index in [-0.39, 0.29) is 5.56 Å². The first-order chi connectivity index (χ1) is 9.08. The molecule has 4 nitrogen and oxygen atoms in total. The number of hydrogen-bond donors (Lipinski definition) is 1. The monoisotopic (exact) mass is 296 g/mol. The smallest absolute Gasteiger partial charge is 0.339 e. The summed E-state index contributed by atoms with van der Waals surface area (Å²) in [7, 11) is 1.82. The Labute approximate surface area is 120 Å². The van der Waals surface area contributed by atoms with Gasteiger partial charge < -0.3 is 10.0 Å². The fourth-order valence-corrected chi connectivity index (χ4v) is 2.56. The zero-order valence-electron chi connectivity index (χ0n) is 10.3. The molecule has 0 fully saturated rings. The highest BCUT2D eigenvalue weighted by Crippen LogP contribution is 2.20. The lowest BCUT2D eigenvalue weighted by atomic mass is 10.2. The van der Waals surface area contributed by atoms with Gasteiger partial charge in [0, 0.05) is 18.5 Å². The van der Waals surface area contributed by atoms with Crippen LogP contribution >= 0.6 is 22.9 Å². The van der Waals surface area contributed by atoms with Gasteiger partial charge in [-0.1, -0.05) is 17.7 Å². The summed E-state index contributed by atoms with van der Waals surface area (Å²) in [6.07, 6.45) is 0.849. The number of carbonyl (C=O) groups is 1. The molecule has 0 aliphatic carbocycles. The van der Waals surface area contributed by atoms with Crippen molar-refractivity contribution in [3.05, 3.63) is 45.2 Å². The molecule has 0 atom stereocenters. The number of likely N-dealkylation sites (N-methyl/N-ethyl adjacent to an activating group) is 1. The van der Waals surface area contributed by atoms with E-state index in [1.54, 1.807) is 11.3 Å². The van der Waals surface area contributed by atoms with Crippen LogP contribution < -0.4 is 4.90 Å². The molecule has 0 spiro atoms. The van der Waals surface area contributed by atoms with Crippen LogP contribution in [0.1, 0.15) is 15.2 Å². The maximum Gasteiger partial charge on any atom is 0.339 e. The second kappa shape index (κ2) is 6.04. The van der Waals surface area contributed by atoms with Crippen molar-refractivity contribution in [2.24, 2.45) is 0 Å². The Morgan fingerprint density at radius 1 is 1.47 bits per heavy atom. The third-order valence-electron chi connectivity index (χ3n) is 2.71. The van der Waals surface area contributed by atoms with Crippen molar-refractivity contribution in [3.63, 3.8) is 0 Å². The van der Waals surface area contributed by atoms with Gasteiger partial charge in [0.15, 0.2) is 0 Å². The van der Waals surface area contributed by atoms with Gasteiger partial charge in [0.2, 0.25) is 0 Å². The number of anilines is 1. The molecule has 0 amide bonds. The van der Waals surface area contributed by atoms with Crippen LogP contribution in [0.5, 0.6) is 0 Å². The largest absolute Gasteiger partial charge is 0.478 e. The number of thiophene rings is 1. The average Bonchev–Trinajstić information content (AvgIpc) is 2.88. The van der Waals surface area contributed by atoms with Gasteiger partial charge in [-0.25, -0.2) is 9.78 Å². The van der Waals surface area contributed by atoms with E-state index in [0.717, 1.165) is 6.42 Å². The molecule has 0 bridgehead atoms. The molecule has 2 aromatic rings. The van der Waals surface area contributed by atoms with E-state index in [4.69, 9.17) is 16.7 Å². The Balaban J connectivity index is 2.15. The maximum absolute atomic E-state index is 11.2. The van der Waals surface area contributed by atoms with Crippen molar-refractivity contribution in [1.29, 1.82) is 0 Å². The maximum atomic E-state index is 11.2. The summed E-state index contributed by atoms with van der Waals surface area (Å²) in [6, 6.07) is 7.03. The van der Waals surface area contributed by atoms with Crippen molar-refractivity contribution >= 4 is 34.7 Å². The summed E-state index contributed by atoms with van der Waals surface area (Å²) < 4.78 is 0. The highest BCUT2D eigenvalue weighted by molar-refractivity contribution is 7.09. The molecular weight excluding hydrogens is 284 g/mol. The second-order valence-electron chi connectivity index (χ2n) is 4.06. The lowest BCUT2D eigenvalue weighted by Gasteiger charge is -2.19. The molecule has 0 aliphatic rings. The summed E-state index contributed by atoms with van der Waals surface area (Å²) in [5.74, 6) is -0.598. The number of nitrogens with zero attached hydrogens (tertiary/aromatic N) is 2. The van der Waals surface area contributed by atoms with Crippen LogP contribution in [0.3, 0.4) is 0 Å². The zero-order valence-corrected chi connectivity index (χ0v) is 11.9. The van der Waals surface area contributed by atoms with Gasteiger partial charge in [-0.3, -0.25) is 0 Å². The minimum atomic E-state index is -0.998. The van der Waals surface area contributed by atoms with Gasteiger partial charge >= 0.3 is 5.97 Å². The minimum absolute atomic E-state index is 0.165. The van der Waals surface area contributed by atoms with E-state index in [1.807, 2.05) is 23.4 Å². The molecule has 2 aromatic heterocycles. The highest BCUT2D eigenvalue weighted by atomic mass is 35.5. The van der Waals surface area contributed by atoms with Gasteiger partial charge in [0.25, 0.3) is 0 Å². The van der Waals surface area contributed by atoms with Gasteiger partial charge in [-0.05, 0) is 30.0 Å². The van der Waals surface area contributed by atoms with E-state index < -0.39 is 5.97 Å². The van der Waals surface area contributed by atoms with Gasteiger partial charge in [-0.2, -0.15) is 0 Å². The summed E-state index contributed by atoms with van der Waals surface area (Å²) >= 11 is 7.52. The van der Waals surface area contributed by atoms with E-state index in [9.17, 15) is 4.79 Å². The molecule has 0 unspecified atom stereocenters. The Hall–Kier alpha value is -1.59. The number of aromatic carboxylic acids is 1. The molecule has 6 heteroatoms. The molecule has 0 saturated heterocycles. The van der Waals surface area contributed by atoms with Crippen LogP contribution in [0.15, 0.2) is 29.6 Å². The lowest BCUT2D eigenvalue weighted by Crippen LogP contribution is -2.23. The number of halogens is 1. The number of pyridine rings is 1. The van der Waals surface area contributed by atoms with Gasteiger partial charge in [0.1, 0.15) is 16.5 Å². The standard InChI is InChI=1S/C13H13ClN2O2S/c1-16(7-6-9-3-2-8-19-9)12-10(13(17)18)4-5-11(14)15-12/h2-5,8H,6-7H2,1H3,(H,17,18). The zero-order chi connectivity index (χ0) is 13.8. The van der Waals surface area contributed by atoms with Crippen molar-refractivity contribution in [3.8, 4) is 0 Å². The van der Waals surface area contributed by atoms with Crippen LogP contribution in [0.2, 0.25) is 5.15 Å². The molecule has 0 saturated carbocycles. The predicted octanol–water partition coefficient (Wildman–Crippen LogP) is 3.17. The Kier molecular flexibility index (Phi) is 4.39. The quantitative estimate of drug-likeness (QED) is 0.861. The summed E-state index contributed by atoms with van der Waals surface area (Å²) in [4.78, 5) is 18.3. The average molecular weight is 297 g/mol. The third-order valence-corrected chi connectivity index (χ3v) is 3.85. The molecule has 0 radical (unpaired) electrons. The van der Waals surface area contributed by atoms with Gasteiger partial charge in [-0.15, -0.1) is 11.3 Å². The lowest BCUT2D eigenvalue weighted by molar-refractivity contribution is 0.0697. The Morgan fingerprint density at radius 3 is 2.89 bits per heavy atom. The predicted molar refractivity (Wildman–Crippen MR) is 77.5 cm³/mol. The number of carboxylic acids is 1. The van der Waals surface area contributed by atoms with Crippen LogP contribution in [0, 0.1) is 0 Å². The van der Waals surface area contributed by atoms with E-state index in [2.05, 4.69) is 11.1 Å². The Bertz CT molecular complexity index is 572. The first-order valence-electron chi connectivity index (χ1n) is 5.71. The molecule has 2 rings (SSSR count). The van der Waals surface area contributed by atoms with Crippen molar-refractivity contribution in [2.45, 2.75) is 6.42 Å². The topological polar surface area (TPSA) is 53.4 Å². The highest BCUT2D eigenvalue weighted by Gasteiger charge is 2.15. The summed E-state index contributed by atoms with van der Waals surface area (Å²) in [5, 5.41) is 11.5. The molecule has 1 N–H and O–H groups in total. The SMILES string of the molecule is CN(CCc1cccs1)c1nc(Cl)ccc1C(=O)O. The Morgan fingerprint density at radius 2 is 2.26 bits per heavy atom. The molecule has 19 heavy (non-hydrogen) atoms. The van der Waals surface area contributed by atoms with Crippen molar-refractivity contribution < 1.29 is 9.90 Å². The first-order valence-corrected chi connectivity index (χ1v) is 6.97. The molecule has 0 aromatic carbocycles. The van der Waals surface area contributed by atoms with Crippen LogP contribution in [-0.2, 0) is 6.42 Å². The van der Waals surface area contributed by atoms with E-state index in [0.29, 0.717) is 17.5 Å². The van der Waals surface area contributed by atoms with Gasteiger partial charge in [0.05, 0.1) is 0 Å². The van der Waals surface area contributed by atoms with Crippen molar-refractivity contribution in [1.82, 2.24) is 4.98 Å². The first kappa shape index (κ1) is 13.8. The van der Waals surface area contributed by atoms with Crippen molar-refractivity contribution in [2.75, 3.05) is 18.5 Å². The number of hydrogen-bond acceptors (Lipinski definition) is 4. The fraction of sp³-hybridized carbons (Fsp3) is 0.231. The molecule has 100 valence electrons. The fourth-order valence-electron chi connectivity index (χ4n) is 1.72. The normalized spacial score (nSPS) is 10.4. The minimum Gasteiger partial charge on any atom is -0.478 e. The number of carboxylic acid groups (broad SMARTS) is 1. The third kappa shape index (κ3) is 3.45. The number of aromatic nitrogens is 1.